The third kappa shape index (κ3) is 4.97. The molecule has 1 aliphatic heterocycles. The van der Waals surface area contributed by atoms with E-state index in [0.717, 1.165) is 19.5 Å². The molecule has 1 fully saturated rings. The van der Waals surface area contributed by atoms with Crippen LogP contribution in [0.5, 0.6) is 0 Å². The summed E-state index contributed by atoms with van der Waals surface area (Å²) in [6.45, 7) is 7.85. The maximum atomic E-state index is 12.4. The highest BCUT2D eigenvalue weighted by Gasteiger charge is 2.36. The Morgan fingerprint density at radius 2 is 2.04 bits per heavy atom. The summed E-state index contributed by atoms with van der Waals surface area (Å²) in [4.78, 5) is 14.6. The normalized spacial score (nSPS) is 22.1. The lowest BCUT2D eigenvalue weighted by atomic mass is 9.79. The molecule has 3 N–H and O–H groups in total. The van der Waals surface area contributed by atoms with Gasteiger partial charge in [-0.05, 0) is 37.0 Å². The molecule has 2 atom stereocenters. The highest BCUT2D eigenvalue weighted by atomic mass is 35.5. The molecule has 2 rings (SSSR count). The van der Waals surface area contributed by atoms with Crippen molar-refractivity contribution < 1.29 is 4.79 Å². The number of nitrogens with two attached hydrogens (primary N) is 1. The minimum Gasteiger partial charge on any atom is -0.327 e. The Morgan fingerprint density at radius 1 is 1.39 bits per heavy atom. The van der Waals surface area contributed by atoms with Gasteiger partial charge in [-0.15, -0.1) is 12.4 Å². The minimum absolute atomic E-state index is 0. The van der Waals surface area contributed by atoms with Crippen molar-refractivity contribution in [2.45, 2.75) is 39.3 Å². The number of likely N-dealkylation sites (tertiary alicyclic amines) is 1. The maximum Gasteiger partial charge on any atom is 0.241 e. The summed E-state index contributed by atoms with van der Waals surface area (Å²) in [7, 11) is 0. The molecule has 2 unspecified atom stereocenters. The first-order valence-corrected chi connectivity index (χ1v) is 8.22. The van der Waals surface area contributed by atoms with Gasteiger partial charge in [-0.3, -0.25) is 9.69 Å². The van der Waals surface area contributed by atoms with Crippen LogP contribution in [0.2, 0.25) is 10.0 Å². The molecule has 0 saturated carbocycles. The Kier molecular flexibility index (Phi) is 7.17. The van der Waals surface area contributed by atoms with Crippen LogP contribution in [0.1, 0.15) is 27.2 Å². The standard InChI is InChI=1S/C16H23Cl2N3O.ClH/c1-10(21-7-6-14(19)16(2,3)9-21)15(22)20-11-4-5-12(17)13(18)8-11;/h4-5,8,10,14H,6-7,9,19H2,1-3H3,(H,20,22);1H. The summed E-state index contributed by atoms with van der Waals surface area (Å²) in [6, 6.07) is 5.03. The molecule has 4 nitrogen and oxygen atoms in total. The molecule has 0 bridgehead atoms. The summed E-state index contributed by atoms with van der Waals surface area (Å²) < 4.78 is 0. The molecule has 0 radical (unpaired) electrons. The number of benzene rings is 1. The van der Waals surface area contributed by atoms with Crippen molar-refractivity contribution in [3.63, 3.8) is 0 Å². The molecule has 1 aliphatic rings. The molecule has 130 valence electrons. The Bertz CT molecular complexity index is 566. The van der Waals surface area contributed by atoms with Crippen LogP contribution < -0.4 is 11.1 Å². The van der Waals surface area contributed by atoms with Gasteiger partial charge in [-0.1, -0.05) is 37.0 Å². The Balaban J connectivity index is 0.00000264. The third-order valence-electron chi connectivity index (χ3n) is 4.46. The van der Waals surface area contributed by atoms with Crippen LogP contribution >= 0.6 is 35.6 Å². The van der Waals surface area contributed by atoms with E-state index in [1.165, 1.54) is 0 Å². The van der Waals surface area contributed by atoms with Crippen molar-refractivity contribution in [3.05, 3.63) is 28.2 Å². The van der Waals surface area contributed by atoms with Gasteiger partial charge in [0, 0.05) is 24.8 Å². The van der Waals surface area contributed by atoms with E-state index in [9.17, 15) is 4.79 Å². The van der Waals surface area contributed by atoms with Crippen LogP contribution in [0, 0.1) is 5.41 Å². The van der Waals surface area contributed by atoms with Crippen molar-refractivity contribution in [1.82, 2.24) is 4.90 Å². The van der Waals surface area contributed by atoms with Crippen molar-refractivity contribution in [2.75, 3.05) is 18.4 Å². The number of anilines is 1. The van der Waals surface area contributed by atoms with E-state index in [2.05, 4.69) is 24.1 Å². The van der Waals surface area contributed by atoms with Crippen molar-refractivity contribution in [3.8, 4) is 0 Å². The zero-order valence-electron chi connectivity index (χ0n) is 13.6. The fourth-order valence-corrected chi connectivity index (χ4v) is 3.03. The third-order valence-corrected chi connectivity index (χ3v) is 5.20. The number of hydrogen-bond acceptors (Lipinski definition) is 3. The van der Waals surface area contributed by atoms with E-state index in [4.69, 9.17) is 28.9 Å². The Labute approximate surface area is 154 Å². The van der Waals surface area contributed by atoms with E-state index in [1.54, 1.807) is 18.2 Å². The van der Waals surface area contributed by atoms with E-state index < -0.39 is 0 Å². The van der Waals surface area contributed by atoms with E-state index in [1.807, 2.05) is 6.92 Å². The average Bonchev–Trinajstić information content (AvgIpc) is 2.45. The van der Waals surface area contributed by atoms with Gasteiger partial charge in [0.15, 0.2) is 0 Å². The first kappa shape index (κ1) is 20.5. The number of carbonyl (C=O) groups is 1. The molecule has 1 aromatic carbocycles. The van der Waals surface area contributed by atoms with E-state index >= 15 is 0 Å². The maximum absolute atomic E-state index is 12.4. The number of amides is 1. The number of rotatable bonds is 3. The number of hydrogen-bond donors (Lipinski definition) is 2. The average molecular weight is 381 g/mol. The minimum atomic E-state index is -0.221. The van der Waals surface area contributed by atoms with Gasteiger partial charge >= 0.3 is 0 Å². The predicted octanol–water partition coefficient (Wildman–Crippen LogP) is 3.80. The lowest BCUT2D eigenvalue weighted by Gasteiger charge is -2.44. The second-order valence-corrected chi connectivity index (χ2v) is 7.46. The van der Waals surface area contributed by atoms with Crippen LogP contribution in [-0.4, -0.2) is 36.0 Å². The zero-order valence-corrected chi connectivity index (χ0v) is 15.9. The highest BCUT2D eigenvalue weighted by molar-refractivity contribution is 6.42. The SMILES string of the molecule is CC(C(=O)Nc1ccc(Cl)c(Cl)c1)N1CCC(N)C(C)(C)C1.Cl. The molecule has 1 heterocycles. The number of carbonyl (C=O) groups excluding carboxylic acids is 1. The molecule has 1 amide bonds. The lowest BCUT2D eigenvalue weighted by Crippen LogP contribution is -2.56. The Hall–Kier alpha value is -0.520. The first-order valence-electron chi connectivity index (χ1n) is 7.46. The van der Waals surface area contributed by atoms with Crippen LogP contribution in [0.25, 0.3) is 0 Å². The smallest absolute Gasteiger partial charge is 0.241 e. The van der Waals surface area contributed by atoms with Crippen LogP contribution in [-0.2, 0) is 4.79 Å². The Morgan fingerprint density at radius 3 is 2.61 bits per heavy atom. The fourth-order valence-electron chi connectivity index (χ4n) is 2.73. The van der Waals surface area contributed by atoms with Gasteiger partial charge in [-0.25, -0.2) is 0 Å². The molecule has 7 heteroatoms. The summed E-state index contributed by atoms with van der Waals surface area (Å²) in [5, 5.41) is 3.79. The second kappa shape index (κ2) is 8.04. The van der Waals surface area contributed by atoms with Gasteiger partial charge in [-0.2, -0.15) is 0 Å². The number of piperidine rings is 1. The molecular formula is C16H24Cl3N3O. The highest BCUT2D eigenvalue weighted by Crippen LogP contribution is 2.29. The number of halogens is 3. The van der Waals surface area contributed by atoms with Crippen LogP contribution in [0.4, 0.5) is 5.69 Å². The van der Waals surface area contributed by atoms with Gasteiger partial charge < -0.3 is 11.1 Å². The van der Waals surface area contributed by atoms with Crippen LogP contribution in [0.3, 0.4) is 0 Å². The van der Waals surface area contributed by atoms with Crippen molar-refractivity contribution in [1.29, 1.82) is 0 Å². The lowest BCUT2D eigenvalue weighted by molar-refractivity contribution is -0.122. The molecule has 0 aliphatic carbocycles. The van der Waals surface area contributed by atoms with E-state index in [0.29, 0.717) is 15.7 Å². The van der Waals surface area contributed by atoms with Crippen LogP contribution in [0.15, 0.2) is 18.2 Å². The largest absolute Gasteiger partial charge is 0.327 e. The van der Waals surface area contributed by atoms with Gasteiger partial charge in [0.2, 0.25) is 5.91 Å². The summed E-state index contributed by atoms with van der Waals surface area (Å²) in [5.41, 5.74) is 6.81. The van der Waals surface area contributed by atoms with E-state index in [-0.39, 0.29) is 35.8 Å². The molecule has 0 aromatic heterocycles. The number of nitrogens with zero attached hydrogens (tertiary/aromatic N) is 1. The second-order valence-electron chi connectivity index (χ2n) is 6.65. The van der Waals surface area contributed by atoms with Gasteiger partial charge in [0.25, 0.3) is 0 Å². The van der Waals surface area contributed by atoms with Gasteiger partial charge in [0.05, 0.1) is 16.1 Å². The molecule has 0 spiro atoms. The summed E-state index contributed by atoms with van der Waals surface area (Å²) in [5.74, 6) is -0.0512. The predicted molar refractivity (Wildman–Crippen MR) is 99.7 cm³/mol. The molecule has 1 aromatic rings. The monoisotopic (exact) mass is 379 g/mol. The summed E-state index contributed by atoms with van der Waals surface area (Å²) >= 11 is 11.9. The first-order chi connectivity index (χ1) is 10.2. The number of nitrogens with one attached hydrogen (secondary N) is 1. The fraction of sp³-hybridized carbons (Fsp3) is 0.562. The summed E-state index contributed by atoms with van der Waals surface area (Å²) in [6.07, 6.45) is 0.900. The molecule has 1 saturated heterocycles. The van der Waals surface area contributed by atoms with Crippen molar-refractivity contribution >= 4 is 47.2 Å². The quantitative estimate of drug-likeness (QED) is 0.838. The zero-order chi connectivity index (χ0) is 16.5. The topological polar surface area (TPSA) is 58.4 Å². The molecular weight excluding hydrogens is 357 g/mol. The molecule has 23 heavy (non-hydrogen) atoms. The van der Waals surface area contributed by atoms with Crippen molar-refractivity contribution in [2.24, 2.45) is 11.1 Å². The van der Waals surface area contributed by atoms with Gasteiger partial charge in [0.1, 0.15) is 0 Å².